The molecule has 0 fully saturated rings. The van der Waals surface area contributed by atoms with Crippen LogP contribution in [0.2, 0.25) is 0 Å². The highest BCUT2D eigenvalue weighted by Gasteiger charge is 2.19. The first-order valence-corrected chi connectivity index (χ1v) is 7.22. The van der Waals surface area contributed by atoms with Crippen molar-refractivity contribution in [2.45, 2.75) is 12.5 Å². The molecular weight excluding hydrogens is 310 g/mol. The van der Waals surface area contributed by atoms with Crippen molar-refractivity contribution in [3.05, 3.63) is 65.7 Å². The first-order valence-electron chi connectivity index (χ1n) is 7.22. The highest BCUT2D eigenvalue weighted by atomic mass is 16.4. The van der Waals surface area contributed by atoms with Gasteiger partial charge in [-0.3, -0.25) is 4.79 Å². The van der Waals surface area contributed by atoms with Crippen molar-refractivity contribution in [1.82, 2.24) is 5.32 Å². The predicted octanol–water partition coefficient (Wildman–Crippen LogP) is 1.92. The van der Waals surface area contributed by atoms with Gasteiger partial charge in [-0.05, 0) is 41.5 Å². The van der Waals surface area contributed by atoms with Crippen LogP contribution in [0, 0.1) is 0 Å². The number of carbonyl (C=O) groups is 2. The molecule has 0 saturated heterocycles. The number of aromatic hydroxyl groups is 2. The molecule has 0 aliphatic rings. The highest BCUT2D eigenvalue weighted by molar-refractivity contribution is 5.94. The van der Waals surface area contributed by atoms with Crippen LogP contribution in [0.4, 0.5) is 0 Å². The number of amides is 1. The lowest BCUT2D eigenvalue weighted by molar-refractivity contribution is -0.141. The summed E-state index contributed by atoms with van der Waals surface area (Å²) in [6.45, 7) is 0. The standard InChI is InChI=1S/C18H17NO5/c20-14-6-1-12(2-7-14)5-10-17(22)19-16(18(23)24)11-13-3-8-15(21)9-4-13/h1-10,16,20-21H,11H2,(H,19,22)(H,23,24)/t16-/m0/s1. The van der Waals surface area contributed by atoms with Crippen molar-refractivity contribution in [3.8, 4) is 11.5 Å². The Hall–Kier alpha value is -3.28. The molecule has 24 heavy (non-hydrogen) atoms. The van der Waals surface area contributed by atoms with E-state index in [2.05, 4.69) is 5.32 Å². The summed E-state index contributed by atoms with van der Waals surface area (Å²) in [7, 11) is 0. The zero-order valence-corrected chi connectivity index (χ0v) is 12.7. The average Bonchev–Trinajstić information content (AvgIpc) is 2.55. The van der Waals surface area contributed by atoms with Gasteiger partial charge in [0, 0.05) is 12.5 Å². The van der Waals surface area contributed by atoms with Gasteiger partial charge < -0.3 is 20.6 Å². The summed E-state index contributed by atoms with van der Waals surface area (Å²) in [6, 6.07) is 11.3. The van der Waals surface area contributed by atoms with Crippen molar-refractivity contribution < 1.29 is 24.9 Å². The summed E-state index contributed by atoms with van der Waals surface area (Å²) in [5.41, 5.74) is 1.39. The van der Waals surface area contributed by atoms with Crippen molar-refractivity contribution in [2.75, 3.05) is 0 Å². The number of phenols is 2. The minimum atomic E-state index is -1.14. The van der Waals surface area contributed by atoms with Gasteiger partial charge in [-0.15, -0.1) is 0 Å². The number of hydrogen-bond donors (Lipinski definition) is 4. The van der Waals surface area contributed by atoms with Crippen LogP contribution in [0.1, 0.15) is 11.1 Å². The number of carbonyl (C=O) groups excluding carboxylic acids is 1. The topological polar surface area (TPSA) is 107 Å². The van der Waals surface area contributed by atoms with Crippen molar-refractivity contribution in [3.63, 3.8) is 0 Å². The molecule has 2 rings (SSSR count). The molecule has 0 aromatic heterocycles. The number of phenolic OH excluding ortho intramolecular Hbond substituents is 2. The third-order valence-electron chi connectivity index (χ3n) is 3.31. The molecule has 0 spiro atoms. The lowest BCUT2D eigenvalue weighted by atomic mass is 10.1. The summed E-state index contributed by atoms with van der Waals surface area (Å²) in [5.74, 6) is -1.47. The molecular formula is C18H17NO5. The maximum absolute atomic E-state index is 11.9. The largest absolute Gasteiger partial charge is 0.508 e. The van der Waals surface area contributed by atoms with Crippen LogP contribution in [0.3, 0.4) is 0 Å². The number of aliphatic carboxylic acids is 1. The van der Waals surface area contributed by atoms with E-state index < -0.39 is 17.9 Å². The lowest BCUT2D eigenvalue weighted by Crippen LogP contribution is -2.41. The number of benzene rings is 2. The molecule has 0 unspecified atom stereocenters. The van der Waals surface area contributed by atoms with E-state index in [1.54, 1.807) is 24.3 Å². The Kier molecular flexibility index (Phi) is 5.57. The highest BCUT2D eigenvalue weighted by Crippen LogP contribution is 2.12. The first-order chi connectivity index (χ1) is 11.4. The van der Waals surface area contributed by atoms with E-state index in [0.29, 0.717) is 11.1 Å². The summed E-state index contributed by atoms with van der Waals surface area (Å²) in [6.07, 6.45) is 2.86. The minimum absolute atomic E-state index is 0.0893. The van der Waals surface area contributed by atoms with Gasteiger partial charge in [-0.1, -0.05) is 24.3 Å². The molecule has 2 aromatic carbocycles. The van der Waals surface area contributed by atoms with Gasteiger partial charge in [-0.25, -0.2) is 4.79 Å². The van der Waals surface area contributed by atoms with Crippen molar-refractivity contribution >= 4 is 18.0 Å². The van der Waals surface area contributed by atoms with E-state index >= 15 is 0 Å². The Morgan fingerprint density at radius 1 is 0.958 bits per heavy atom. The van der Waals surface area contributed by atoms with Gasteiger partial charge >= 0.3 is 5.97 Å². The van der Waals surface area contributed by atoms with E-state index in [1.165, 1.54) is 36.4 Å². The second-order valence-corrected chi connectivity index (χ2v) is 5.19. The number of carboxylic acids is 1. The molecule has 6 nitrogen and oxygen atoms in total. The summed E-state index contributed by atoms with van der Waals surface area (Å²) in [4.78, 5) is 23.2. The van der Waals surface area contributed by atoms with Gasteiger partial charge in [0.05, 0.1) is 0 Å². The third-order valence-corrected chi connectivity index (χ3v) is 3.31. The smallest absolute Gasteiger partial charge is 0.326 e. The van der Waals surface area contributed by atoms with E-state index in [0.717, 1.165) is 0 Å². The van der Waals surface area contributed by atoms with Gasteiger partial charge in [0.25, 0.3) is 0 Å². The number of hydrogen-bond acceptors (Lipinski definition) is 4. The van der Waals surface area contributed by atoms with E-state index in [9.17, 15) is 24.9 Å². The Balaban J connectivity index is 1.99. The minimum Gasteiger partial charge on any atom is -0.508 e. The summed E-state index contributed by atoms with van der Waals surface area (Å²) < 4.78 is 0. The van der Waals surface area contributed by atoms with Crippen LogP contribution >= 0.6 is 0 Å². The van der Waals surface area contributed by atoms with Crippen LogP contribution < -0.4 is 5.32 Å². The molecule has 0 heterocycles. The lowest BCUT2D eigenvalue weighted by Gasteiger charge is -2.13. The van der Waals surface area contributed by atoms with E-state index in [-0.39, 0.29) is 17.9 Å². The van der Waals surface area contributed by atoms with Crippen molar-refractivity contribution in [1.29, 1.82) is 0 Å². The Labute approximate surface area is 138 Å². The Bertz CT molecular complexity index is 735. The third kappa shape index (κ3) is 5.17. The maximum atomic E-state index is 11.9. The molecule has 1 atom stereocenters. The molecule has 0 aliphatic carbocycles. The molecule has 0 saturated carbocycles. The van der Waals surface area contributed by atoms with Crippen LogP contribution in [0.5, 0.6) is 11.5 Å². The summed E-state index contributed by atoms with van der Waals surface area (Å²) in [5, 5.41) is 30.1. The number of carboxylic acid groups (broad SMARTS) is 1. The summed E-state index contributed by atoms with van der Waals surface area (Å²) >= 11 is 0. The first kappa shape index (κ1) is 17.1. The molecule has 1 amide bonds. The van der Waals surface area contributed by atoms with Crippen LogP contribution in [0.15, 0.2) is 54.6 Å². The van der Waals surface area contributed by atoms with Gasteiger partial charge in [0.15, 0.2) is 0 Å². The molecule has 4 N–H and O–H groups in total. The van der Waals surface area contributed by atoms with Gasteiger partial charge in [-0.2, -0.15) is 0 Å². The monoisotopic (exact) mass is 327 g/mol. The Morgan fingerprint density at radius 3 is 2.04 bits per heavy atom. The van der Waals surface area contributed by atoms with Crippen LogP contribution in [-0.2, 0) is 16.0 Å². The van der Waals surface area contributed by atoms with Crippen molar-refractivity contribution in [2.24, 2.45) is 0 Å². The average molecular weight is 327 g/mol. The molecule has 0 bridgehead atoms. The fourth-order valence-electron chi connectivity index (χ4n) is 2.04. The second-order valence-electron chi connectivity index (χ2n) is 5.19. The molecule has 0 aliphatic heterocycles. The van der Waals surface area contributed by atoms with Gasteiger partial charge in [0.1, 0.15) is 17.5 Å². The zero-order chi connectivity index (χ0) is 17.5. The second kappa shape index (κ2) is 7.82. The Morgan fingerprint density at radius 2 is 1.50 bits per heavy atom. The number of rotatable bonds is 6. The molecule has 6 heteroatoms. The maximum Gasteiger partial charge on any atom is 0.326 e. The molecule has 0 radical (unpaired) electrons. The zero-order valence-electron chi connectivity index (χ0n) is 12.7. The quantitative estimate of drug-likeness (QED) is 0.607. The van der Waals surface area contributed by atoms with Gasteiger partial charge in [0.2, 0.25) is 5.91 Å². The number of nitrogens with one attached hydrogen (secondary N) is 1. The van der Waals surface area contributed by atoms with Crippen LogP contribution in [0.25, 0.3) is 6.08 Å². The van der Waals surface area contributed by atoms with E-state index in [1.807, 2.05) is 0 Å². The molecule has 124 valence electrons. The SMILES string of the molecule is O=C(C=Cc1ccc(O)cc1)N[C@@H](Cc1ccc(O)cc1)C(=O)O. The fourth-order valence-corrected chi connectivity index (χ4v) is 2.04. The molecule has 2 aromatic rings. The van der Waals surface area contributed by atoms with E-state index in [4.69, 9.17) is 0 Å². The predicted molar refractivity (Wildman–Crippen MR) is 88.5 cm³/mol. The fraction of sp³-hybridized carbons (Fsp3) is 0.111. The van der Waals surface area contributed by atoms with Crippen LogP contribution in [-0.4, -0.2) is 33.2 Å². The normalized spacial score (nSPS) is 12.0.